The van der Waals surface area contributed by atoms with Gasteiger partial charge in [0.25, 0.3) is 0 Å². The molecule has 0 N–H and O–H groups in total. The second-order valence-corrected chi connectivity index (χ2v) is 4.01. The van der Waals surface area contributed by atoms with Gasteiger partial charge in [-0.3, -0.25) is 4.40 Å². The second kappa shape index (κ2) is 3.34. The van der Waals surface area contributed by atoms with Crippen molar-refractivity contribution in [1.29, 1.82) is 0 Å². The van der Waals surface area contributed by atoms with Gasteiger partial charge in [0.2, 0.25) is 10.9 Å². The fourth-order valence-corrected chi connectivity index (χ4v) is 1.54. The van der Waals surface area contributed by atoms with E-state index in [0.29, 0.717) is 22.6 Å². The maximum Gasteiger partial charge on any atom is 0.210 e. The molecule has 15 heavy (non-hydrogen) atoms. The number of fused-ring (bicyclic) bond motifs is 1. The monoisotopic (exact) mass is 224 g/mol. The number of hydrogen-bond acceptors (Lipinski definition) is 4. The van der Waals surface area contributed by atoms with E-state index >= 15 is 0 Å². The van der Waals surface area contributed by atoms with Crippen molar-refractivity contribution < 1.29 is 4.74 Å². The highest BCUT2D eigenvalue weighted by Gasteiger charge is 2.22. The Kier molecular flexibility index (Phi) is 1.98. The number of aromatic nitrogens is 4. The van der Waals surface area contributed by atoms with E-state index in [1.54, 1.807) is 10.6 Å². The summed E-state index contributed by atoms with van der Waals surface area (Å²) in [5, 5.41) is 8.06. The third kappa shape index (κ3) is 1.63. The highest BCUT2D eigenvalue weighted by atomic mass is 35.5. The highest BCUT2D eigenvalue weighted by molar-refractivity contribution is 6.28. The van der Waals surface area contributed by atoms with Gasteiger partial charge in [-0.15, -0.1) is 10.2 Å². The zero-order valence-electron chi connectivity index (χ0n) is 7.93. The van der Waals surface area contributed by atoms with Crippen molar-refractivity contribution in [3.05, 3.63) is 17.8 Å². The minimum absolute atomic E-state index is 0.341. The van der Waals surface area contributed by atoms with Gasteiger partial charge in [0.1, 0.15) is 6.33 Å². The smallest absolute Gasteiger partial charge is 0.210 e. The van der Waals surface area contributed by atoms with Crippen LogP contribution >= 0.6 is 11.6 Å². The molecule has 0 atom stereocenters. The molecule has 0 amide bonds. The van der Waals surface area contributed by atoms with Crippen LogP contribution in [0.5, 0.6) is 5.75 Å². The average Bonchev–Trinajstić information content (AvgIpc) is 2.92. The molecule has 1 fully saturated rings. The lowest BCUT2D eigenvalue weighted by atomic mass is 10.4. The van der Waals surface area contributed by atoms with E-state index in [-0.39, 0.29) is 0 Å². The zero-order valence-corrected chi connectivity index (χ0v) is 8.68. The predicted molar refractivity (Wildman–Crippen MR) is 54.0 cm³/mol. The lowest BCUT2D eigenvalue weighted by Gasteiger charge is -2.05. The van der Waals surface area contributed by atoms with Crippen LogP contribution in [-0.4, -0.2) is 26.2 Å². The van der Waals surface area contributed by atoms with E-state index in [2.05, 4.69) is 15.2 Å². The Balaban J connectivity index is 1.94. The molecule has 3 rings (SSSR count). The van der Waals surface area contributed by atoms with Crippen molar-refractivity contribution in [3.63, 3.8) is 0 Å². The van der Waals surface area contributed by atoms with E-state index in [1.165, 1.54) is 19.2 Å². The van der Waals surface area contributed by atoms with Crippen molar-refractivity contribution in [2.24, 2.45) is 5.92 Å². The number of hydrogen-bond donors (Lipinski definition) is 0. The summed E-state index contributed by atoms with van der Waals surface area (Å²) in [7, 11) is 0. The molecule has 0 aliphatic heterocycles. The number of rotatable bonds is 3. The van der Waals surface area contributed by atoms with E-state index in [9.17, 15) is 0 Å². The largest absolute Gasteiger partial charge is 0.488 e. The molecule has 2 aromatic rings. The molecule has 0 saturated heterocycles. The first-order chi connectivity index (χ1) is 7.34. The molecule has 1 aliphatic carbocycles. The van der Waals surface area contributed by atoms with Crippen molar-refractivity contribution in [2.75, 3.05) is 6.61 Å². The Morgan fingerprint density at radius 2 is 2.40 bits per heavy atom. The molecule has 1 aliphatic rings. The summed E-state index contributed by atoms with van der Waals surface area (Å²) in [6, 6.07) is 0. The van der Waals surface area contributed by atoms with Gasteiger partial charge in [0.05, 0.1) is 12.8 Å². The molecular weight excluding hydrogens is 216 g/mol. The van der Waals surface area contributed by atoms with Crippen molar-refractivity contribution in [3.8, 4) is 5.75 Å². The molecular formula is C9H9ClN4O. The molecule has 5 nitrogen and oxygen atoms in total. The maximum atomic E-state index is 5.86. The van der Waals surface area contributed by atoms with Crippen LogP contribution in [0.3, 0.4) is 0 Å². The van der Waals surface area contributed by atoms with Crippen molar-refractivity contribution >= 4 is 17.2 Å². The van der Waals surface area contributed by atoms with E-state index in [0.717, 1.165) is 6.61 Å². The van der Waals surface area contributed by atoms with Crippen LogP contribution < -0.4 is 4.74 Å². The molecule has 78 valence electrons. The van der Waals surface area contributed by atoms with Crippen LogP contribution in [-0.2, 0) is 0 Å². The molecule has 6 heteroatoms. The van der Waals surface area contributed by atoms with Crippen LogP contribution in [0.25, 0.3) is 5.65 Å². The van der Waals surface area contributed by atoms with Gasteiger partial charge < -0.3 is 4.74 Å². The Hall–Kier alpha value is -1.36. The first-order valence-corrected chi connectivity index (χ1v) is 5.19. The van der Waals surface area contributed by atoms with Crippen molar-refractivity contribution in [2.45, 2.75) is 12.8 Å². The quantitative estimate of drug-likeness (QED) is 0.743. The van der Waals surface area contributed by atoms with Crippen LogP contribution in [0.2, 0.25) is 5.28 Å². The summed E-state index contributed by atoms with van der Waals surface area (Å²) in [5.74, 6) is 1.34. The number of ether oxygens (including phenoxy) is 1. The van der Waals surface area contributed by atoms with Gasteiger partial charge in [-0.05, 0) is 30.4 Å². The van der Waals surface area contributed by atoms with Gasteiger partial charge in [0, 0.05) is 0 Å². The molecule has 2 aromatic heterocycles. The van der Waals surface area contributed by atoms with E-state index < -0.39 is 0 Å². The normalized spacial score (nSPS) is 15.8. The molecule has 0 unspecified atom stereocenters. The lowest BCUT2D eigenvalue weighted by Crippen LogP contribution is -2.02. The third-order valence-electron chi connectivity index (χ3n) is 2.43. The highest BCUT2D eigenvalue weighted by Crippen LogP contribution is 2.30. The van der Waals surface area contributed by atoms with Crippen LogP contribution in [0, 0.1) is 5.92 Å². The Morgan fingerprint density at radius 3 is 3.20 bits per heavy atom. The summed E-state index contributed by atoms with van der Waals surface area (Å²) < 4.78 is 7.21. The van der Waals surface area contributed by atoms with Crippen LogP contribution in [0.1, 0.15) is 12.8 Å². The molecule has 0 radical (unpaired) electrons. The van der Waals surface area contributed by atoms with Crippen LogP contribution in [0.4, 0.5) is 0 Å². The lowest BCUT2D eigenvalue weighted by molar-refractivity contribution is 0.300. The maximum absolute atomic E-state index is 5.86. The molecule has 1 saturated carbocycles. The Morgan fingerprint density at radius 1 is 1.53 bits per heavy atom. The second-order valence-electron chi connectivity index (χ2n) is 3.67. The fraction of sp³-hybridized carbons (Fsp3) is 0.444. The Bertz CT molecular complexity index is 494. The van der Waals surface area contributed by atoms with Crippen molar-refractivity contribution in [1.82, 2.24) is 19.6 Å². The molecule has 0 bridgehead atoms. The summed E-state index contributed by atoms with van der Waals surface area (Å²) in [5.41, 5.74) is 0.621. The van der Waals surface area contributed by atoms with Gasteiger partial charge in [-0.1, -0.05) is 0 Å². The van der Waals surface area contributed by atoms with Gasteiger partial charge >= 0.3 is 0 Å². The minimum atomic E-state index is 0.341. The zero-order chi connectivity index (χ0) is 10.3. The topological polar surface area (TPSA) is 52.3 Å². The number of halogens is 1. The Labute approximate surface area is 91.0 Å². The van der Waals surface area contributed by atoms with E-state index in [1.807, 2.05) is 0 Å². The van der Waals surface area contributed by atoms with Gasteiger partial charge in [-0.25, -0.2) is 4.98 Å². The third-order valence-corrected chi connectivity index (χ3v) is 2.71. The molecule has 0 spiro atoms. The minimum Gasteiger partial charge on any atom is -0.488 e. The van der Waals surface area contributed by atoms with E-state index in [4.69, 9.17) is 16.3 Å². The van der Waals surface area contributed by atoms with Gasteiger partial charge in [-0.2, -0.15) is 0 Å². The standard InChI is InChI=1S/C9H9ClN4O/c10-9-11-3-7(15-4-6-1-2-6)8-13-12-5-14(8)9/h3,5-6H,1-2,4H2. The molecule has 2 heterocycles. The summed E-state index contributed by atoms with van der Waals surface area (Å²) in [4.78, 5) is 4.00. The first-order valence-electron chi connectivity index (χ1n) is 4.81. The average molecular weight is 225 g/mol. The fourth-order valence-electron chi connectivity index (χ4n) is 1.36. The first kappa shape index (κ1) is 8.91. The summed E-state index contributed by atoms with van der Waals surface area (Å²) in [6.45, 7) is 0.728. The van der Waals surface area contributed by atoms with Gasteiger partial charge in [0.15, 0.2) is 5.75 Å². The molecule has 0 aromatic carbocycles. The SMILES string of the molecule is Clc1ncc(OCC2CC2)c2nncn12. The number of nitrogens with zero attached hydrogens (tertiary/aromatic N) is 4. The summed E-state index contributed by atoms with van der Waals surface area (Å²) >= 11 is 5.86. The summed E-state index contributed by atoms with van der Waals surface area (Å²) in [6.07, 6.45) is 5.62. The predicted octanol–water partition coefficient (Wildman–Crippen LogP) is 1.57. The van der Waals surface area contributed by atoms with Crippen LogP contribution in [0.15, 0.2) is 12.5 Å².